The molecule has 94 valence electrons. The van der Waals surface area contributed by atoms with Gasteiger partial charge < -0.3 is 15.5 Å². The lowest BCUT2D eigenvalue weighted by Gasteiger charge is -2.38. The standard InChI is InChI=1S/C14H21NO2/c1-10-3-2-4-11(5-10)12-6-13(7-12)15-14(8-16)9-17/h2-5,12-17H,6-9H2,1H3. The number of rotatable bonds is 5. The minimum Gasteiger partial charge on any atom is -0.395 e. The molecule has 3 nitrogen and oxygen atoms in total. The molecule has 1 aromatic rings. The van der Waals surface area contributed by atoms with E-state index in [1.54, 1.807) is 0 Å². The predicted molar refractivity (Wildman–Crippen MR) is 68.0 cm³/mol. The normalized spacial score (nSPS) is 23.8. The van der Waals surface area contributed by atoms with Crippen LogP contribution in [0.2, 0.25) is 0 Å². The maximum atomic E-state index is 8.99. The van der Waals surface area contributed by atoms with Gasteiger partial charge in [-0.15, -0.1) is 0 Å². The van der Waals surface area contributed by atoms with Gasteiger partial charge in [0.05, 0.1) is 19.3 Å². The van der Waals surface area contributed by atoms with Crippen LogP contribution >= 0.6 is 0 Å². The van der Waals surface area contributed by atoms with Crippen LogP contribution in [0.15, 0.2) is 24.3 Å². The molecule has 0 amide bonds. The summed E-state index contributed by atoms with van der Waals surface area (Å²) in [6.45, 7) is 2.12. The van der Waals surface area contributed by atoms with E-state index in [1.165, 1.54) is 11.1 Å². The van der Waals surface area contributed by atoms with Gasteiger partial charge in [0, 0.05) is 6.04 Å². The van der Waals surface area contributed by atoms with Gasteiger partial charge in [-0.05, 0) is 31.2 Å². The van der Waals surface area contributed by atoms with E-state index in [0.717, 1.165) is 12.8 Å². The smallest absolute Gasteiger partial charge is 0.0607 e. The maximum absolute atomic E-state index is 8.99. The first-order valence-electron chi connectivity index (χ1n) is 6.27. The summed E-state index contributed by atoms with van der Waals surface area (Å²) in [5.41, 5.74) is 2.72. The van der Waals surface area contributed by atoms with Crippen LogP contribution in [0, 0.1) is 6.92 Å². The molecule has 0 spiro atoms. The van der Waals surface area contributed by atoms with Crippen LogP contribution in [0.1, 0.15) is 29.9 Å². The Bertz CT molecular complexity index is 357. The van der Waals surface area contributed by atoms with Crippen molar-refractivity contribution in [3.8, 4) is 0 Å². The largest absolute Gasteiger partial charge is 0.395 e. The molecule has 0 aliphatic heterocycles. The lowest BCUT2D eigenvalue weighted by molar-refractivity contribution is 0.142. The van der Waals surface area contributed by atoms with Crippen molar-refractivity contribution in [2.24, 2.45) is 0 Å². The zero-order valence-corrected chi connectivity index (χ0v) is 10.3. The molecular formula is C14H21NO2. The summed E-state index contributed by atoms with van der Waals surface area (Å²) in [5.74, 6) is 0.630. The molecule has 0 heterocycles. The van der Waals surface area contributed by atoms with Crippen LogP contribution in [-0.2, 0) is 0 Å². The van der Waals surface area contributed by atoms with E-state index < -0.39 is 0 Å². The molecule has 0 saturated heterocycles. The highest BCUT2D eigenvalue weighted by molar-refractivity contribution is 5.27. The summed E-state index contributed by atoms with van der Waals surface area (Å²) in [7, 11) is 0. The van der Waals surface area contributed by atoms with Crippen molar-refractivity contribution in [2.45, 2.75) is 37.8 Å². The second kappa shape index (κ2) is 5.63. The average molecular weight is 235 g/mol. The van der Waals surface area contributed by atoms with Crippen LogP contribution in [0.25, 0.3) is 0 Å². The molecule has 1 aliphatic carbocycles. The number of nitrogens with one attached hydrogen (secondary N) is 1. The van der Waals surface area contributed by atoms with E-state index in [-0.39, 0.29) is 19.3 Å². The Morgan fingerprint density at radius 2 is 2.00 bits per heavy atom. The first-order valence-corrected chi connectivity index (χ1v) is 6.27. The molecule has 0 aromatic heterocycles. The van der Waals surface area contributed by atoms with Crippen molar-refractivity contribution in [3.05, 3.63) is 35.4 Å². The Labute approximate surface area is 102 Å². The molecule has 0 atom stereocenters. The van der Waals surface area contributed by atoms with E-state index in [1.807, 2.05) is 0 Å². The van der Waals surface area contributed by atoms with Gasteiger partial charge in [-0.1, -0.05) is 29.8 Å². The quantitative estimate of drug-likeness (QED) is 0.718. The van der Waals surface area contributed by atoms with Crippen LogP contribution in [-0.4, -0.2) is 35.5 Å². The molecule has 1 aliphatic rings. The fourth-order valence-electron chi connectivity index (χ4n) is 2.45. The van der Waals surface area contributed by atoms with Crippen molar-refractivity contribution in [3.63, 3.8) is 0 Å². The van der Waals surface area contributed by atoms with E-state index in [4.69, 9.17) is 10.2 Å². The molecule has 1 saturated carbocycles. The highest BCUT2D eigenvalue weighted by Crippen LogP contribution is 2.37. The third kappa shape index (κ3) is 3.06. The van der Waals surface area contributed by atoms with Crippen molar-refractivity contribution in [1.82, 2.24) is 5.32 Å². The fourth-order valence-corrected chi connectivity index (χ4v) is 2.45. The van der Waals surface area contributed by atoms with Gasteiger partial charge in [0.2, 0.25) is 0 Å². The van der Waals surface area contributed by atoms with Crippen molar-refractivity contribution in [2.75, 3.05) is 13.2 Å². The van der Waals surface area contributed by atoms with Crippen molar-refractivity contribution in [1.29, 1.82) is 0 Å². The van der Waals surface area contributed by atoms with Gasteiger partial charge in [0.15, 0.2) is 0 Å². The number of aliphatic hydroxyl groups excluding tert-OH is 2. The molecule has 2 rings (SSSR count). The van der Waals surface area contributed by atoms with Crippen molar-refractivity contribution >= 4 is 0 Å². The summed E-state index contributed by atoms with van der Waals surface area (Å²) in [6.07, 6.45) is 2.19. The Morgan fingerprint density at radius 1 is 1.29 bits per heavy atom. The van der Waals surface area contributed by atoms with Gasteiger partial charge >= 0.3 is 0 Å². The molecule has 3 heteroatoms. The summed E-state index contributed by atoms with van der Waals surface area (Å²) in [4.78, 5) is 0. The van der Waals surface area contributed by atoms with E-state index >= 15 is 0 Å². The van der Waals surface area contributed by atoms with Crippen LogP contribution in [0.4, 0.5) is 0 Å². The first kappa shape index (κ1) is 12.6. The van der Waals surface area contributed by atoms with E-state index in [9.17, 15) is 0 Å². The molecule has 3 N–H and O–H groups in total. The maximum Gasteiger partial charge on any atom is 0.0607 e. The third-order valence-electron chi connectivity index (χ3n) is 3.56. The lowest BCUT2D eigenvalue weighted by Crippen LogP contribution is -2.48. The van der Waals surface area contributed by atoms with Crippen LogP contribution in [0.3, 0.4) is 0 Å². The Morgan fingerprint density at radius 3 is 2.59 bits per heavy atom. The highest BCUT2D eigenvalue weighted by atomic mass is 16.3. The highest BCUT2D eigenvalue weighted by Gasteiger charge is 2.31. The Balaban J connectivity index is 1.82. The van der Waals surface area contributed by atoms with E-state index in [2.05, 4.69) is 36.5 Å². The van der Waals surface area contributed by atoms with Crippen LogP contribution in [0.5, 0.6) is 0 Å². The average Bonchev–Trinajstić information content (AvgIpc) is 2.28. The van der Waals surface area contributed by atoms with Crippen molar-refractivity contribution < 1.29 is 10.2 Å². The predicted octanol–water partition coefficient (Wildman–Crippen LogP) is 1.18. The lowest BCUT2D eigenvalue weighted by atomic mass is 9.75. The van der Waals surface area contributed by atoms with Gasteiger partial charge in [-0.2, -0.15) is 0 Å². The minimum atomic E-state index is -0.168. The molecule has 0 unspecified atom stereocenters. The SMILES string of the molecule is Cc1cccc(C2CC(NC(CO)CO)C2)c1. The first-order chi connectivity index (χ1) is 8.22. The molecule has 1 aromatic carbocycles. The third-order valence-corrected chi connectivity index (χ3v) is 3.56. The number of aryl methyl sites for hydroxylation is 1. The Hall–Kier alpha value is -0.900. The number of aliphatic hydroxyl groups is 2. The molecule has 0 bridgehead atoms. The second-order valence-electron chi connectivity index (χ2n) is 5.01. The van der Waals surface area contributed by atoms with Gasteiger partial charge in [-0.25, -0.2) is 0 Å². The minimum absolute atomic E-state index is 0.00210. The second-order valence-corrected chi connectivity index (χ2v) is 5.01. The fraction of sp³-hybridized carbons (Fsp3) is 0.571. The molecule has 17 heavy (non-hydrogen) atoms. The molecular weight excluding hydrogens is 214 g/mol. The Kier molecular flexibility index (Phi) is 4.15. The summed E-state index contributed by atoms with van der Waals surface area (Å²) in [5, 5.41) is 21.2. The zero-order chi connectivity index (χ0) is 12.3. The number of hydrogen-bond donors (Lipinski definition) is 3. The van der Waals surface area contributed by atoms with Gasteiger partial charge in [-0.3, -0.25) is 0 Å². The summed E-state index contributed by atoms with van der Waals surface area (Å²) in [6, 6.07) is 8.92. The van der Waals surface area contributed by atoms with Crippen LogP contribution < -0.4 is 5.32 Å². The summed E-state index contributed by atoms with van der Waals surface area (Å²) >= 11 is 0. The summed E-state index contributed by atoms with van der Waals surface area (Å²) < 4.78 is 0. The van der Waals surface area contributed by atoms with E-state index in [0.29, 0.717) is 12.0 Å². The molecule has 1 fully saturated rings. The van der Waals surface area contributed by atoms with Gasteiger partial charge in [0.1, 0.15) is 0 Å². The monoisotopic (exact) mass is 235 g/mol. The number of benzene rings is 1. The zero-order valence-electron chi connectivity index (χ0n) is 10.3. The number of hydrogen-bond acceptors (Lipinski definition) is 3. The topological polar surface area (TPSA) is 52.5 Å². The molecule has 0 radical (unpaired) electrons. The van der Waals surface area contributed by atoms with Gasteiger partial charge in [0.25, 0.3) is 0 Å².